The SMILES string of the molecule is Cc1cc(C2=NOC(c3cc(Cl)cc(Cl)c3)(C(F)(F)F)C2)ccc1C(=O)NCC(=O)N1CCC1C(F)(F)F. The molecule has 2 aliphatic heterocycles. The number of oxime groups is 1. The fourth-order valence-electron chi connectivity index (χ4n) is 4.32. The highest BCUT2D eigenvalue weighted by molar-refractivity contribution is 6.34. The van der Waals surface area contributed by atoms with Crippen molar-refractivity contribution in [3.8, 4) is 0 Å². The van der Waals surface area contributed by atoms with Crippen molar-refractivity contribution in [3.63, 3.8) is 0 Å². The molecule has 0 spiro atoms. The number of amides is 2. The molecule has 2 aliphatic rings. The second-order valence-corrected chi connectivity index (χ2v) is 9.81. The van der Waals surface area contributed by atoms with Crippen LogP contribution in [-0.2, 0) is 15.2 Å². The van der Waals surface area contributed by atoms with Crippen molar-refractivity contribution >= 4 is 40.7 Å². The van der Waals surface area contributed by atoms with Crippen LogP contribution < -0.4 is 5.32 Å². The topological polar surface area (TPSA) is 71.0 Å². The van der Waals surface area contributed by atoms with Gasteiger partial charge in [0.15, 0.2) is 0 Å². The van der Waals surface area contributed by atoms with E-state index in [4.69, 9.17) is 28.0 Å². The van der Waals surface area contributed by atoms with Crippen molar-refractivity contribution in [1.29, 1.82) is 0 Å². The van der Waals surface area contributed by atoms with Crippen LogP contribution >= 0.6 is 23.2 Å². The number of hydrogen-bond acceptors (Lipinski definition) is 4. The van der Waals surface area contributed by atoms with Gasteiger partial charge in [-0.1, -0.05) is 34.4 Å². The minimum atomic E-state index is -4.88. The Labute approximate surface area is 222 Å². The molecule has 0 aliphatic carbocycles. The molecule has 2 aromatic rings. The summed E-state index contributed by atoms with van der Waals surface area (Å²) in [6.45, 7) is 0.820. The molecular weight excluding hydrogens is 563 g/mol. The molecule has 2 aromatic carbocycles. The first-order valence-corrected chi connectivity index (χ1v) is 11.9. The van der Waals surface area contributed by atoms with Gasteiger partial charge in [0.05, 0.1) is 12.3 Å². The van der Waals surface area contributed by atoms with Crippen molar-refractivity contribution in [1.82, 2.24) is 10.2 Å². The molecule has 1 N–H and O–H groups in total. The van der Waals surface area contributed by atoms with E-state index in [0.717, 1.165) is 12.1 Å². The third-order valence-electron chi connectivity index (χ3n) is 6.44. The van der Waals surface area contributed by atoms with Gasteiger partial charge in [0.1, 0.15) is 6.04 Å². The van der Waals surface area contributed by atoms with E-state index < -0.39 is 48.8 Å². The van der Waals surface area contributed by atoms with E-state index in [-0.39, 0.29) is 45.4 Å². The van der Waals surface area contributed by atoms with Crippen LogP contribution in [0.4, 0.5) is 26.3 Å². The van der Waals surface area contributed by atoms with Gasteiger partial charge in [-0.2, -0.15) is 26.3 Å². The highest BCUT2D eigenvalue weighted by Crippen LogP contribution is 2.49. The summed E-state index contributed by atoms with van der Waals surface area (Å²) in [5, 5.41) is 5.93. The number of nitrogens with zero attached hydrogens (tertiary/aromatic N) is 2. The average Bonchev–Trinajstić information content (AvgIpc) is 3.22. The Balaban J connectivity index is 1.47. The average molecular weight is 582 g/mol. The zero-order valence-electron chi connectivity index (χ0n) is 19.5. The largest absolute Gasteiger partial charge is 0.435 e. The second kappa shape index (κ2) is 9.96. The van der Waals surface area contributed by atoms with Crippen molar-refractivity contribution < 1.29 is 40.8 Å². The number of benzene rings is 2. The Morgan fingerprint density at radius 2 is 1.76 bits per heavy atom. The maximum absolute atomic E-state index is 14.2. The quantitative estimate of drug-likeness (QED) is 0.455. The summed E-state index contributed by atoms with van der Waals surface area (Å²) >= 11 is 11.8. The predicted octanol–water partition coefficient (Wildman–Crippen LogP) is 5.78. The van der Waals surface area contributed by atoms with E-state index in [1.54, 1.807) is 0 Å². The van der Waals surface area contributed by atoms with Gasteiger partial charge < -0.3 is 15.1 Å². The number of likely N-dealkylation sites (tertiary alicyclic amines) is 1. The molecule has 0 bridgehead atoms. The number of halogens is 8. The Kier molecular flexibility index (Phi) is 7.34. The summed E-state index contributed by atoms with van der Waals surface area (Å²) in [7, 11) is 0. The third-order valence-corrected chi connectivity index (χ3v) is 6.87. The van der Waals surface area contributed by atoms with Gasteiger partial charge in [-0.25, -0.2) is 0 Å². The first kappa shape index (κ1) is 28.0. The molecule has 6 nitrogen and oxygen atoms in total. The standard InChI is InChI=1S/C24H19Cl2F6N3O3/c1-12-6-13(2-3-17(12)21(37)33-11-20(36)35-5-4-19(35)23(27,28)29)18-10-22(38-34-18,24(30,31)32)14-7-15(25)9-16(26)8-14/h2-3,6-9,19H,4-5,10-11H2,1H3,(H,33,37). The Hall–Kier alpha value is -2.99. The molecule has 0 saturated carbocycles. The number of hydrogen-bond donors (Lipinski definition) is 1. The molecule has 2 amide bonds. The predicted molar refractivity (Wildman–Crippen MR) is 126 cm³/mol. The van der Waals surface area contributed by atoms with Crippen molar-refractivity contribution in [2.75, 3.05) is 13.1 Å². The van der Waals surface area contributed by atoms with E-state index in [1.165, 1.54) is 31.2 Å². The summed E-state index contributed by atoms with van der Waals surface area (Å²) < 4.78 is 81.2. The van der Waals surface area contributed by atoms with Gasteiger partial charge in [0.2, 0.25) is 5.91 Å². The van der Waals surface area contributed by atoms with Crippen molar-refractivity contribution in [2.45, 2.75) is 43.8 Å². The number of nitrogens with one attached hydrogen (secondary N) is 1. The highest BCUT2D eigenvalue weighted by atomic mass is 35.5. The lowest BCUT2D eigenvalue weighted by Gasteiger charge is -2.41. The Bertz CT molecular complexity index is 1290. The van der Waals surface area contributed by atoms with E-state index in [2.05, 4.69) is 10.5 Å². The molecule has 1 saturated heterocycles. The van der Waals surface area contributed by atoms with Gasteiger partial charge in [-0.05, 0) is 54.8 Å². The Morgan fingerprint density at radius 3 is 2.29 bits per heavy atom. The van der Waals surface area contributed by atoms with Crippen molar-refractivity contribution in [3.05, 3.63) is 68.7 Å². The fraction of sp³-hybridized carbons (Fsp3) is 0.375. The molecule has 0 aromatic heterocycles. The highest BCUT2D eigenvalue weighted by Gasteiger charge is 2.62. The normalized spacial score (nSPS) is 21.4. The maximum Gasteiger partial charge on any atom is 0.435 e. The van der Waals surface area contributed by atoms with Gasteiger partial charge in [-0.15, -0.1) is 0 Å². The number of aryl methyl sites for hydroxylation is 1. The Morgan fingerprint density at radius 1 is 1.11 bits per heavy atom. The zero-order valence-corrected chi connectivity index (χ0v) is 21.0. The van der Waals surface area contributed by atoms with Crippen LogP contribution in [0.1, 0.15) is 39.9 Å². The monoisotopic (exact) mass is 581 g/mol. The molecule has 2 unspecified atom stereocenters. The van der Waals surface area contributed by atoms with E-state index in [1.807, 2.05) is 0 Å². The van der Waals surface area contributed by atoms with Crippen LogP contribution in [0.5, 0.6) is 0 Å². The number of carbonyl (C=O) groups excluding carboxylic acids is 2. The van der Waals surface area contributed by atoms with Crippen LogP contribution in [-0.4, -0.2) is 53.9 Å². The lowest BCUT2D eigenvalue weighted by Crippen LogP contribution is -2.60. The van der Waals surface area contributed by atoms with Gasteiger partial charge in [0, 0.05) is 34.1 Å². The van der Waals surface area contributed by atoms with Crippen LogP contribution in [0.3, 0.4) is 0 Å². The molecule has 0 radical (unpaired) electrons. The van der Waals surface area contributed by atoms with Crippen LogP contribution in [0.25, 0.3) is 0 Å². The van der Waals surface area contributed by atoms with E-state index >= 15 is 0 Å². The summed E-state index contributed by atoms with van der Waals surface area (Å²) in [6, 6.07) is 5.70. The summed E-state index contributed by atoms with van der Waals surface area (Å²) in [5.41, 5.74) is -2.52. The minimum Gasteiger partial charge on any atom is -0.374 e. The van der Waals surface area contributed by atoms with E-state index in [9.17, 15) is 35.9 Å². The third kappa shape index (κ3) is 5.28. The van der Waals surface area contributed by atoms with Gasteiger partial charge in [0.25, 0.3) is 11.5 Å². The fourth-order valence-corrected chi connectivity index (χ4v) is 4.85. The number of carbonyl (C=O) groups is 2. The molecule has 2 atom stereocenters. The number of alkyl halides is 6. The molecule has 1 fully saturated rings. The first-order valence-electron chi connectivity index (χ1n) is 11.2. The van der Waals surface area contributed by atoms with Crippen LogP contribution in [0.2, 0.25) is 10.0 Å². The van der Waals surface area contributed by atoms with Gasteiger partial charge >= 0.3 is 12.4 Å². The summed E-state index contributed by atoms with van der Waals surface area (Å²) in [6.07, 6.45) is -10.3. The molecule has 38 heavy (non-hydrogen) atoms. The first-order chi connectivity index (χ1) is 17.6. The number of rotatable bonds is 5. The van der Waals surface area contributed by atoms with Crippen LogP contribution in [0.15, 0.2) is 41.6 Å². The van der Waals surface area contributed by atoms with Gasteiger partial charge in [-0.3, -0.25) is 9.59 Å². The molecule has 2 heterocycles. The van der Waals surface area contributed by atoms with Crippen molar-refractivity contribution in [2.24, 2.45) is 5.16 Å². The maximum atomic E-state index is 14.2. The van der Waals surface area contributed by atoms with E-state index in [0.29, 0.717) is 10.5 Å². The summed E-state index contributed by atoms with van der Waals surface area (Å²) in [4.78, 5) is 30.3. The van der Waals surface area contributed by atoms with Crippen LogP contribution in [0, 0.1) is 6.92 Å². The molecule has 204 valence electrons. The molecule has 14 heteroatoms. The smallest absolute Gasteiger partial charge is 0.374 e. The summed E-state index contributed by atoms with van der Waals surface area (Å²) in [5.74, 6) is -1.60. The zero-order chi connectivity index (χ0) is 28.0. The minimum absolute atomic E-state index is 0.0131. The second-order valence-electron chi connectivity index (χ2n) is 8.93. The molecular formula is C24H19Cl2F6N3O3. The lowest BCUT2D eigenvalue weighted by molar-refractivity contribution is -0.275. The molecule has 4 rings (SSSR count). The lowest BCUT2D eigenvalue weighted by atomic mass is 9.86.